The Hall–Kier alpha value is -1.05. The van der Waals surface area contributed by atoms with Crippen LogP contribution >= 0.6 is 56.9 Å². The second kappa shape index (κ2) is 27.8. The lowest BCUT2D eigenvalue weighted by molar-refractivity contribution is -0.384. The van der Waals surface area contributed by atoms with Crippen LogP contribution in [0, 0.1) is 16.0 Å². The van der Waals surface area contributed by atoms with Crippen molar-refractivity contribution in [3.8, 4) is 0 Å². The van der Waals surface area contributed by atoms with E-state index in [2.05, 4.69) is 22.5 Å². The summed E-state index contributed by atoms with van der Waals surface area (Å²) in [6.07, 6.45) is -1.50. The molecular formula is C37H62N4O12S5. The zero-order valence-electron chi connectivity index (χ0n) is 33.6. The molecule has 11 atom stereocenters. The van der Waals surface area contributed by atoms with Gasteiger partial charge in [0.1, 0.15) is 36.0 Å². The molecule has 332 valence electrons. The van der Waals surface area contributed by atoms with E-state index in [9.17, 15) is 45.2 Å². The van der Waals surface area contributed by atoms with Crippen LogP contribution in [-0.4, -0.2) is 182 Å². The number of ether oxygens (including phenoxy) is 3. The maximum absolute atomic E-state index is 13.6. The molecule has 0 aliphatic carbocycles. The molecule has 2 aliphatic heterocycles. The van der Waals surface area contributed by atoms with E-state index in [1.807, 2.05) is 14.0 Å². The molecule has 2 heterocycles. The van der Waals surface area contributed by atoms with E-state index in [4.69, 9.17) is 14.2 Å². The van der Waals surface area contributed by atoms with Crippen LogP contribution in [-0.2, 0) is 23.8 Å². The van der Waals surface area contributed by atoms with Crippen molar-refractivity contribution in [2.24, 2.45) is 5.92 Å². The van der Waals surface area contributed by atoms with Crippen LogP contribution in [0.4, 0.5) is 5.69 Å². The van der Waals surface area contributed by atoms with Crippen LogP contribution in [0.15, 0.2) is 24.3 Å². The highest BCUT2D eigenvalue weighted by Crippen LogP contribution is 2.33. The van der Waals surface area contributed by atoms with E-state index in [1.54, 1.807) is 39.6 Å². The zero-order chi connectivity index (χ0) is 42.6. The molecule has 1 aromatic carbocycles. The van der Waals surface area contributed by atoms with Gasteiger partial charge in [-0.05, 0) is 49.8 Å². The number of nitro groups is 1. The van der Waals surface area contributed by atoms with Gasteiger partial charge in [-0.2, -0.15) is 11.8 Å². The second-order valence-corrected chi connectivity index (χ2v) is 20.4. The third kappa shape index (κ3) is 16.7. The highest BCUT2D eigenvalue weighted by atomic mass is 33.1. The van der Waals surface area contributed by atoms with Crippen molar-refractivity contribution in [1.29, 1.82) is 0 Å². The van der Waals surface area contributed by atoms with Gasteiger partial charge in [-0.15, -0.1) is 23.5 Å². The van der Waals surface area contributed by atoms with Crippen molar-refractivity contribution >= 4 is 74.4 Å². The van der Waals surface area contributed by atoms with E-state index in [1.165, 1.54) is 47.8 Å². The quantitative estimate of drug-likeness (QED) is 0.0276. The highest BCUT2D eigenvalue weighted by molar-refractivity contribution is 8.76. The molecule has 16 nitrogen and oxygen atoms in total. The summed E-state index contributed by atoms with van der Waals surface area (Å²) in [6, 6.07) is 3.44. The van der Waals surface area contributed by atoms with Crippen LogP contribution in [0.1, 0.15) is 44.8 Å². The Balaban J connectivity index is 1.27. The average molecular weight is 915 g/mol. The van der Waals surface area contributed by atoms with Crippen LogP contribution in [0.25, 0.3) is 0 Å². The van der Waals surface area contributed by atoms with Crippen molar-refractivity contribution in [1.82, 2.24) is 15.5 Å². The van der Waals surface area contributed by atoms with E-state index < -0.39 is 59.6 Å². The maximum Gasteiger partial charge on any atom is 0.269 e. The number of hydrogen-bond acceptors (Lipinski definition) is 18. The molecule has 0 aromatic heterocycles. The number of nitrogens with one attached hydrogen (secondary N) is 2. The monoisotopic (exact) mass is 914 g/mol. The predicted molar refractivity (Wildman–Crippen MR) is 234 cm³/mol. The van der Waals surface area contributed by atoms with Gasteiger partial charge >= 0.3 is 0 Å². The predicted octanol–water partition coefficient (Wildman–Crippen LogP) is 2.15. The third-order valence-electron chi connectivity index (χ3n) is 9.93. The molecule has 3 rings (SSSR count). The lowest BCUT2D eigenvalue weighted by atomic mass is 9.92. The number of nitrogens with zero attached hydrogens (tertiary/aromatic N) is 2. The normalized spacial score (nSPS) is 25.8. The number of benzene rings is 1. The first-order chi connectivity index (χ1) is 27.8. The number of likely N-dealkylation sites (tertiary alicyclic amines) is 1. The first-order valence-electron chi connectivity index (χ1n) is 19.5. The minimum absolute atomic E-state index is 0.121. The van der Waals surface area contributed by atoms with Crippen LogP contribution in [0.2, 0.25) is 0 Å². The summed E-state index contributed by atoms with van der Waals surface area (Å²) in [5.74, 6) is 2.90. The summed E-state index contributed by atoms with van der Waals surface area (Å²) in [7, 11) is 5.32. The third-order valence-corrected chi connectivity index (χ3v) is 15.3. The molecule has 58 heavy (non-hydrogen) atoms. The molecule has 0 bridgehead atoms. The van der Waals surface area contributed by atoms with Gasteiger partial charge in [0.2, 0.25) is 11.8 Å². The Morgan fingerprint density at radius 3 is 2.24 bits per heavy atom. The average Bonchev–Trinajstić information content (AvgIpc) is 3.59. The molecule has 2 fully saturated rings. The Bertz CT molecular complexity index is 1360. The van der Waals surface area contributed by atoms with Crippen molar-refractivity contribution in [3.63, 3.8) is 0 Å². The van der Waals surface area contributed by atoms with Crippen molar-refractivity contribution < 1.29 is 54.3 Å². The fourth-order valence-electron chi connectivity index (χ4n) is 6.81. The number of nitro benzene ring substituents is 1. The SMILES string of the molecule is CCC[C@@H]1C[C@@H](C(=O)NC([C@H]2O[C@H](SC)[C@H](O)[C@@H](O)[C@H]2O)[C@@H](C)SCCOCCSSCCOCCSCC(=O)N[C@@H](CO)[C@H](O)c2ccc([N+](=O)[O-])cc2)N(C)C1. The number of aliphatic hydroxyl groups is 5. The molecule has 2 amide bonds. The molecular weight excluding hydrogens is 853 g/mol. The second-order valence-electron chi connectivity index (χ2n) is 14.2. The minimum atomic E-state index is -1.40. The zero-order valence-corrected chi connectivity index (χ0v) is 37.7. The van der Waals surface area contributed by atoms with Crippen molar-refractivity contribution in [2.45, 2.75) is 92.4 Å². The van der Waals surface area contributed by atoms with Gasteiger partial charge in [-0.1, -0.05) is 41.9 Å². The van der Waals surface area contributed by atoms with Gasteiger partial charge in [-0.25, -0.2) is 0 Å². The van der Waals surface area contributed by atoms with Gasteiger partial charge in [-0.3, -0.25) is 24.6 Å². The van der Waals surface area contributed by atoms with Crippen molar-refractivity contribution in [3.05, 3.63) is 39.9 Å². The number of thioether (sulfide) groups is 3. The Morgan fingerprint density at radius 1 is 1.00 bits per heavy atom. The Kier molecular flexibility index (Phi) is 24.6. The lowest BCUT2D eigenvalue weighted by Crippen LogP contribution is -2.65. The summed E-state index contributed by atoms with van der Waals surface area (Å²) >= 11 is 4.20. The molecule has 0 spiro atoms. The van der Waals surface area contributed by atoms with Gasteiger partial charge in [0, 0.05) is 46.9 Å². The molecule has 2 aliphatic rings. The largest absolute Gasteiger partial charge is 0.394 e. The fourth-order valence-corrected chi connectivity index (χ4v) is 10.9. The van der Waals surface area contributed by atoms with E-state index in [0.29, 0.717) is 49.4 Å². The molecule has 0 radical (unpaired) electrons. The number of rotatable bonds is 28. The molecule has 1 aromatic rings. The van der Waals surface area contributed by atoms with E-state index >= 15 is 0 Å². The first-order valence-corrected chi connectivity index (χ1v) is 25.5. The summed E-state index contributed by atoms with van der Waals surface area (Å²) in [4.78, 5) is 38.3. The Labute approximate surface area is 362 Å². The fraction of sp³-hybridized carbons (Fsp3) is 0.784. The number of amides is 2. The summed E-state index contributed by atoms with van der Waals surface area (Å²) in [6.45, 7) is 6.54. The molecule has 21 heteroatoms. The highest BCUT2D eigenvalue weighted by Gasteiger charge is 2.48. The minimum Gasteiger partial charge on any atom is -0.394 e. The van der Waals surface area contributed by atoms with Crippen LogP contribution < -0.4 is 10.6 Å². The number of hydrogen-bond donors (Lipinski definition) is 7. The maximum atomic E-state index is 13.6. The van der Waals surface area contributed by atoms with Crippen LogP contribution in [0.5, 0.6) is 0 Å². The molecule has 1 unspecified atom stereocenters. The molecule has 2 saturated heterocycles. The molecule has 0 saturated carbocycles. The Morgan fingerprint density at radius 2 is 1.64 bits per heavy atom. The lowest BCUT2D eigenvalue weighted by Gasteiger charge is -2.44. The molecule has 7 N–H and O–H groups in total. The van der Waals surface area contributed by atoms with Crippen molar-refractivity contribution in [2.75, 3.05) is 81.6 Å². The topological polar surface area (TPSA) is 233 Å². The summed E-state index contributed by atoms with van der Waals surface area (Å²) < 4.78 is 17.6. The van der Waals surface area contributed by atoms with E-state index in [-0.39, 0.29) is 34.5 Å². The smallest absolute Gasteiger partial charge is 0.269 e. The van der Waals surface area contributed by atoms with Gasteiger partial charge < -0.3 is 50.4 Å². The number of likely N-dealkylation sites (N-methyl/N-ethyl adjacent to an activating group) is 1. The number of carbonyl (C=O) groups excluding carboxylic acids is 2. The van der Waals surface area contributed by atoms with Crippen LogP contribution in [0.3, 0.4) is 0 Å². The summed E-state index contributed by atoms with van der Waals surface area (Å²) in [5.41, 5.74) is -0.518. The van der Waals surface area contributed by atoms with Gasteiger partial charge in [0.25, 0.3) is 5.69 Å². The standard InChI is InChI=1S/C37H62N4O12S5/c1-5-6-24-19-28(40(3)20-24)36(48)39-30(35-33(46)32(45)34(47)37(53-35)54-4)23(2)56-16-12-52-14-18-58-57-17-13-51-11-15-55-22-29(43)38-27(21-42)31(44)25-7-9-26(10-8-25)41(49)50/h7-10,23-24,27-28,30-35,37,42,44-47H,5-6,11-22H2,1-4H3,(H,38,43)(H,39,48)/t23-,24-,27+,28+,30?,31-,32+,33-,34-,35-,37-/m1/s1. The number of non-ortho nitro benzene ring substituents is 1. The summed E-state index contributed by atoms with van der Waals surface area (Å²) in [5, 5.41) is 68.7. The number of aliphatic hydroxyl groups excluding tert-OH is 5. The first kappa shape index (κ1) is 51.3. The number of carbonyl (C=O) groups is 2. The van der Waals surface area contributed by atoms with Gasteiger partial charge in [0.15, 0.2) is 0 Å². The van der Waals surface area contributed by atoms with Gasteiger partial charge in [0.05, 0.1) is 61.8 Å². The van der Waals surface area contributed by atoms with E-state index in [0.717, 1.165) is 37.3 Å².